The molecule has 36 heavy (non-hydrogen) atoms. The van der Waals surface area contributed by atoms with E-state index in [1.807, 2.05) is 55.5 Å². The van der Waals surface area contributed by atoms with Crippen molar-refractivity contribution in [1.29, 1.82) is 0 Å². The van der Waals surface area contributed by atoms with E-state index in [0.717, 1.165) is 24.0 Å². The maximum atomic E-state index is 14.0. The van der Waals surface area contributed by atoms with E-state index < -0.39 is 10.0 Å². The molecule has 1 atom stereocenters. The second-order valence-corrected chi connectivity index (χ2v) is 11.3. The third-order valence-electron chi connectivity index (χ3n) is 6.44. The predicted octanol–water partition coefficient (Wildman–Crippen LogP) is 4.60. The van der Waals surface area contributed by atoms with Gasteiger partial charge in [0, 0.05) is 19.7 Å². The quantitative estimate of drug-likeness (QED) is 0.398. The molecule has 2 heterocycles. The van der Waals surface area contributed by atoms with E-state index in [9.17, 15) is 13.2 Å². The number of rotatable bonds is 10. The molecule has 0 bridgehead atoms. The summed E-state index contributed by atoms with van der Waals surface area (Å²) in [5.74, 6) is 0.345. The lowest BCUT2D eigenvalue weighted by Gasteiger charge is -2.29. The highest BCUT2D eigenvalue weighted by Gasteiger charge is 2.34. The van der Waals surface area contributed by atoms with Crippen LogP contribution in [0.25, 0.3) is 0 Å². The molecule has 0 N–H and O–H groups in total. The van der Waals surface area contributed by atoms with Crippen LogP contribution < -0.4 is 0 Å². The summed E-state index contributed by atoms with van der Waals surface area (Å²) in [5.41, 5.74) is 3.30. The number of amides is 1. The minimum Gasteiger partial charge on any atom is -0.467 e. The molecule has 1 unspecified atom stereocenters. The molecular weight excluding hydrogens is 476 g/mol. The van der Waals surface area contributed by atoms with Crippen LogP contribution in [0.1, 0.15) is 40.9 Å². The Labute approximate surface area is 213 Å². The lowest BCUT2D eigenvalue weighted by Crippen LogP contribution is -2.45. The standard InChI is InChI=1S/C28H34N2O5S/c1-21-15-22(2)28(23(3)16-21)36(32,33)30(19-26-12-8-14-35-26)20-27(31)29(18-25-11-7-13-34-25)17-24-9-5-4-6-10-24/h4-7,9-11,13,15-16,26H,8,12,14,17-20H2,1-3H3. The molecule has 1 aromatic heterocycles. The van der Waals surface area contributed by atoms with Crippen molar-refractivity contribution >= 4 is 15.9 Å². The highest BCUT2D eigenvalue weighted by Crippen LogP contribution is 2.27. The molecule has 1 fully saturated rings. The van der Waals surface area contributed by atoms with Crippen LogP contribution in [0.15, 0.2) is 70.2 Å². The number of hydrogen-bond donors (Lipinski definition) is 0. The number of aryl methyl sites for hydroxylation is 3. The van der Waals surface area contributed by atoms with Gasteiger partial charge in [0.1, 0.15) is 5.76 Å². The number of sulfonamides is 1. The van der Waals surface area contributed by atoms with Gasteiger partial charge in [-0.25, -0.2) is 8.42 Å². The summed E-state index contributed by atoms with van der Waals surface area (Å²) in [5, 5.41) is 0. The molecule has 1 amide bonds. The largest absolute Gasteiger partial charge is 0.467 e. The molecule has 0 radical (unpaired) electrons. The zero-order valence-corrected chi connectivity index (χ0v) is 22.0. The highest BCUT2D eigenvalue weighted by molar-refractivity contribution is 7.89. The Morgan fingerprint density at radius 3 is 2.33 bits per heavy atom. The Hall–Kier alpha value is -2.94. The Kier molecular flexibility index (Phi) is 8.28. The van der Waals surface area contributed by atoms with Crippen molar-refractivity contribution in [2.24, 2.45) is 0 Å². The molecule has 8 heteroatoms. The molecule has 1 aliphatic rings. The minimum atomic E-state index is -3.95. The second-order valence-electron chi connectivity index (χ2n) is 9.48. The summed E-state index contributed by atoms with van der Waals surface area (Å²) in [6.07, 6.45) is 2.99. The average Bonchev–Trinajstić information content (AvgIpc) is 3.52. The molecular formula is C28H34N2O5S. The van der Waals surface area contributed by atoms with Crippen LogP contribution in [-0.2, 0) is 32.6 Å². The summed E-state index contributed by atoms with van der Waals surface area (Å²) in [6.45, 7) is 6.61. The normalized spacial score (nSPS) is 15.9. The zero-order chi connectivity index (χ0) is 25.7. The maximum Gasteiger partial charge on any atom is 0.244 e. The molecule has 1 aliphatic heterocycles. The molecule has 0 spiro atoms. The first-order valence-corrected chi connectivity index (χ1v) is 13.7. The fourth-order valence-electron chi connectivity index (χ4n) is 4.84. The van der Waals surface area contributed by atoms with Crippen molar-refractivity contribution in [3.8, 4) is 0 Å². The van der Waals surface area contributed by atoms with Gasteiger partial charge < -0.3 is 14.1 Å². The third-order valence-corrected chi connectivity index (χ3v) is 8.56. The number of ether oxygens (including phenoxy) is 1. The van der Waals surface area contributed by atoms with Crippen molar-refractivity contribution in [3.05, 3.63) is 88.9 Å². The maximum absolute atomic E-state index is 14.0. The van der Waals surface area contributed by atoms with Gasteiger partial charge >= 0.3 is 0 Å². The highest BCUT2D eigenvalue weighted by atomic mass is 32.2. The van der Waals surface area contributed by atoms with E-state index in [1.54, 1.807) is 31.1 Å². The summed E-state index contributed by atoms with van der Waals surface area (Å²) >= 11 is 0. The van der Waals surface area contributed by atoms with Crippen LogP contribution in [-0.4, -0.2) is 49.3 Å². The molecule has 192 valence electrons. The van der Waals surface area contributed by atoms with Crippen LogP contribution in [0.5, 0.6) is 0 Å². The van der Waals surface area contributed by atoms with Gasteiger partial charge in [-0.3, -0.25) is 4.79 Å². The number of carbonyl (C=O) groups is 1. The average molecular weight is 511 g/mol. The molecule has 2 aromatic carbocycles. The first-order chi connectivity index (χ1) is 17.2. The van der Waals surface area contributed by atoms with E-state index in [1.165, 1.54) is 4.31 Å². The first kappa shape index (κ1) is 26.1. The lowest BCUT2D eigenvalue weighted by molar-refractivity contribution is -0.133. The predicted molar refractivity (Wildman–Crippen MR) is 138 cm³/mol. The van der Waals surface area contributed by atoms with Gasteiger partial charge in [0.25, 0.3) is 0 Å². The third kappa shape index (κ3) is 6.24. The van der Waals surface area contributed by atoms with Gasteiger partial charge in [0.2, 0.25) is 15.9 Å². The number of furan rings is 1. The minimum absolute atomic E-state index is 0.140. The molecule has 0 aliphatic carbocycles. The summed E-state index contributed by atoms with van der Waals surface area (Å²) in [7, 11) is -3.95. The van der Waals surface area contributed by atoms with Crippen molar-refractivity contribution in [2.75, 3.05) is 19.7 Å². The number of nitrogens with zero attached hydrogens (tertiary/aromatic N) is 2. The summed E-state index contributed by atoms with van der Waals surface area (Å²) in [4.78, 5) is 15.6. The fourth-order valence-corrected chi connectivity index (χ4v) is 6.68. The van der Waals surface area contributed by atoms with Gasteiger partial charge in [0.05, 0.1) is 30.4 Å². The summed E-state index contributed by atoms with van der Waals surface area (Å²) in [6, 6.07) is 17.0. The van der Waals surface area contributed by atoms with E-state index in [2.05, 4.69) is 0 Å². The van der Waals surface area contributed by atoms with Gasteiger partial charge in [0.15, 0.2) is 0 Å². The van der Waals surface area contributed by atoms with Crippen LogP contribution >= 0.6 is 0 Å². The van der Waals surface area contributed by atoms with Gasteiger partial charge in [-0.15, -0.1) is 0 Å². The molecule has 7 nitrogen and oxygen atoms in total. The number of benzene rings is 2. The number of carbonyl (C=O) groups excluding carboxylic acids is 1. The van der Waals surface area contributed by atoms with E-state index in [-0.39, 0.29) is 36.5 Å². The zero-order valence-electron chi connectivity index (χ0n) is 21.1. The second kappa shape index (κ2) is 11.4. The van der Waals surface area contributed by atoms with Crippen LogP contribution in [0.2, 0.25) is 0 Å². The van der Waals surface area contributed by atoms with Crippen molar-refractivity contribution in [1.82, 2.24) is 9.21 Å². The Morgan fingerprint density at radius 2 is 1.72 bits per heavy atom. The SMILES string of the molecule is Cc1cc(C)c(S(=O)(=O)N(CC(=O)N(Cc2ccccc2)Cc2ccco2)CC2CCCO2)c(C)c1. The van der Waals surface area contributed by atoms with E-state index >= 15 is 0 Å². The fraction of sp³-hybridized carbons (Fsp3) is 0.393. The Balaban J connectivity index is 1.65. The summed E-state index contributed by atoms with van der Waals surface area (Å²) < 4.78 is 40.5. The lowest BCUT2D eigenvalue weighted by atomic mass is 10.1. The Bertz CT molecular complexity index is 1240. The molecule has 1 saturated heterocycles. The molecule has 0 saturated carbocycles. The van der Waals surface area contributed by atoms with Crippen molar-refractivity contribution < 1.29 is 22.4 Å². The smallest absolute Gasteiger partial charge is 0.244 e. The van der Waals surface area contributed by atoms with Crippen LogP contribution in [0.3, 0.4) is 0 Å². The Morgan fingerprint density at radius 1 is 1.00 bits per heavy atom. The van der Waals surface area contributed by atoms with Gasteiger partial charge in [-0.2, -0.15) is 4.31 Å². The van der Waals surface area contributed by atoms with E-state index in [0.29, 0.717) is 30.0 Å². The van der Waals surface area contributed by atoms with Gasteiger partial charge in [-0.1, -0.05) is 48.0 Å². The van der Waals surface area contributed by atoms with Gasteiger partial charge in [-0.05, 0) is 62.4 Å². The first-order valence-electron chi connectivity index (χ1n) is 12.3. The van der Waals surface area contributed by atoms with E-state index in [4.69, 9.17) is 9.15 Å². The van der Waals surface area contributed by atoms with Crippen molar-refractivity contribution in [2.45, 2.75) is 57.7 Å². The van der Waals surface area contributed by atoms with Crippen molar-refractivity contribution in [3.63, 3.8) is 0 Å². The monoisotopic (exact) mass is 510 g/mol. The molecule has 3 aromatic rings. The van der Waals surface area contributed by atoms with Crippen LogP contribution in [0.4, 0.5) is 0 Å². The molecule has 4 rings (SSSR count). The van der Waals surface area contributed by atoms with Crippen LogP contribution in [0, 0.1) is 20.8 Å². The topological polar surface area (TPSA) is 80.1 Å². The number of hydrogen-bond acceptors (Lipinski definition) is 5.